The van der Waals surface area contributed by atoms with Gasteiger partial charge in [0.25, 0.3) is 0 Å². The zero-order valence-electron chi connectivity index (χ0n) is 12.6. The molecule has 1 saturated heterocycles. The van der Waals surface area contributed by atoms with Gasteiger partial charge in [0.15, 0.2) is 0 Å². The minimum atomic E-state index is -0.801. The Kier molecular flexibility index (Phi) is 4.74. The molecular formula is C16H21NO3S. The van der Waals surface area contributed by atoms with Crippen LogP contribution in [-0.2, 0) is 15.0 Å². The average molecular weight is 307 g/mol. The number of imide groups is 1. The van der Waals surface area contributed by atoms with Crippen molar-refractivity contribution in [2.75, 3.05) is 12.9 Å². The molecule has 0 radical (unpaired) electrons. The molecule has 3 atom stereocenters. The molecule has 0 saturated carbocycles. The fourth-order valence-corrected chi connectivity index (χ4v) is 3.54. The Morgan fingerprint density at radius 3 is 2.48 bits per heavy atom. The van der Waals surface area contributed by atoms with Gasteiger partial charge in [0.1, 0.15) is 0 Å². The molecule has 1 aromatic rings. The number of aliphatic hydroxyl groups is 1. The van der Waals surface area contributed by atoms with Crippen LogP contribution in [0.25, 0.3) is 0 Å². The lowest BCUT2D eigenvalue weighted by Crippen LogP contribution is -2.47. The molecule has 21 heavy (non-hydrogen) atoms. The highest BCUT2D eigenvalue weighted by Gasteiger charge is 2.51. The summed E-state index contributed by atoms with van der Waals surface area (Å²) in [5.41, 5.74) is 0.0631. The summed E-state index contributed by atoms with van der Waals surface area (Å²) in [6.07, 6.45) is 2.06. The Hall–Kier alpha value is -1.33. The summed E-state index contributed by atoms with van der Waals surface area (Å²) in [6.45, 7) is 3.59. The summed E-state index contributed by atoms with van der Waals surface area (Å²) in [7, 11) is 0. The first-order valence-electron chi connectivity index (χ1n) is 7.01. The van der Waals surface area contributed by atoms with Crippen LogP contribution in [0.15, 0.2) is 30.3 Å². The topological polar surface area (TPSA) is 57.6 Å². The Labute approximate surface area is 129 Å². The molecule has 0 aromatic heterocycles. The second kappa shape index (κ2) is 6.20. The number of hydrogen-bond donors (Lipinski definition) is 1. The SMILES string of the molecule is CSC(CO)C(C)N1C(=O)CC(C)(c2ccccc2)C1=O. The summed E-state index contributed by atoms with van der Waals surface area (Å²) < 4.78 is 0. The molecule has 1 fully saturated rings. The van der Waals surface area contributed by atoms with E-state index in [0.717, 1.165) is 5.56 Å². The maximum absolute atomic E-state index is 12.8. The number of carbonyl (C=O) groups is 2. The second-order valence-electron chi connectivity index (χ2n) is 5.64. The van der Waals surface area contributed by atoms with Crippen LogP contribution in [0.1, 0.15) is 25.8 Å². The molecule has 0 bridgehead atoms. The monoisotopic (exact) mass is 307 g/mol. The van der Waals surface area contributed by atoms with Crippen molar-refractivity contribution >= 4 is 23.6 Å². The number of thioether (sulfide) groups is 1. The van der Waals surface area contributed by atoms with Crippen molar-refractivity contribution in [3.63, 3.8) is 0 Å². The molecule has 114 valence electrons. The van der Waals surface area contributed by atoms with Crippen LogP contribution in [0.2, 0.25) is 0 Å². The largest absolute Gasteiger partial charge is 0.395 e. The molecule has 0 aliphatic carbocycles. The molecule has 1 aliphatic rings. The highest BCUT2D eigenvalue weighted by Crippen LogP contribution is 2.38. The summed E-state index contributed by atoms with van der Waals surface area (Å²) >= 11 is 1.47. The van der Waals surface area contributed by atoms with Gasteiger partial charge in [0, 0.05) is 11.7 Å². The van der Waals surface area contributed by atoms with Crippen LogP contribution >= 0.6 is 11.8 Å². The Bertz CT molecular complexity index is 530. The zero-order chi connectivity index (χ0) is 15.6. The minimum Gasteiger partial charge on any atom is -0.395 e. The van der Waals surface area contributed by atoms with Crippen molar-refractivity contribution in [2.24, 2.45) is 0 Å². The van der Waals surface area contributed by atoms with Gasteiger partial charge in [-0.2, -0.15) is 11.8 Å². The molecule has 1 aromatic carbocycles. The van der Waals surface area contributed by atoms with Gasteiger partial charge >= 0.3 is 0 Å². The number of likely N-dealkylation sites (tertiary alicyclic amines) is 1. The standard InChI is InChI=1S/C16H21NO3S/c1-11(13(10-18)21-3)17-14(19)9-16(2,15(17)20)12-7-5-4-6-8-12/h4-8,11,13,18H,9-10H2,1-3H3. The fourth-order valence-electron chi connectivity index (χ4n) is 2.88. The maximum Gasteiger partial charge on any atom is 0.240 e. The van der Waals surface area contributed by atoms with Gasteiger partial charge in [0.2, 0.25) is 11.8 Å². The normalized spacial score (nSPS) is 25.2. The van der Waals surface area contributed by atoms with Gasteiger partial charge in [-0.1, -0.05) is 30.3 Å². The number of rotatable bonds is 5. The zero-order valence-corrected chi connectivity index (χ0v) is 13.4. The van der Waals surface area contributed by atoms with Crippen molar-refractivity contribution < 1.29 is 14.7 Å². The molecule has 4 nitrogen and oxygen atoms in total. The Balaban J connectivity index is 2.32. The van der Waals surface area contributed by atoms with Crippen molar-refractivity contribution in [1.29, 1.82) is 0 Å². The number of hydrogen-bond acceptors (Lipinski definition) is 4. The number of aliphatic hydroxyl groups excluding tert-OH is 1. The maximum atomic E-state index is 12.8. The third kappa shape index (κ3) is 2.72. The van der Waals surface area contributed by atoms with E-state index in [2.05, 4.69) is 0 Å². The lowest BCUT2D eigenvalue weighted by molar-refractivity contribution is -0.142. The van der Waals surface area contributed by atoms with E-state index < -0.39 is 5.41 Å². The summed E-state index contributed by atoms with van der Waals surface area (Å²) in [4.78, 5) is 26.5. The van der Waals surface area contributed by atoms with Crippen molar-refractivity contribution in [1.82, 2.24) is 4.90 Å². The molecule has 1 N–H and O–H groups in total. The van der Waals surface area contributed by atoms with E-state index in [1.54, 1.807) is 0 Å². The predicted octanol–water partition coefficient (Wildman–Crippen LogP) is 1.82. The molecular weight excluding hydrogens is 286 g/mol. The van der Waals surface area contributed by atoms with Crippen LogP contribution in [-0.4, -0.2) is 46.0 Å². The average Bonchev–Trinajstić information content (AvgIpc) is 2.72. The Morgan fingerprint density at radius 1 is 1.33 bits per heavy atom. The van der Waals surface area contributed by atoms with E-state index in [4.69, 9.17) is 0 Å². The van der Waals surface area contributed by atoms with Crippen molar-refractivity contribution in [3.05, 3.63) is 35.9 Å². The minimum absolute atomic E-state index is 0.0541. The smallest absolute Gasteiger partial charge is 0.240 e. The van der Waals surface area contributed by atoms with Crippen LogP contribution in [0, 0.1) is 0 Å². The summed E-state index contributed by atoms with van der Waals surface area (Å²) in [5.74, 6) is -0.329. The van der Waals surface area contributed by atoms with Gasteiger partial charge in [-0.3, -0.25) is 14.5 Å². The number of carbonyl (C=O) groups excluding carboxylic acids is 2. The van der Waals surface area contributed by atoms with Crippen molar-refractivity contribution in [2.45, 2.75) is 37.0 Å². The first-order chi connectivity index (χ1) is 9.95. The molecule has 2 amide bonds. The van der Waals surface area contributed by atoms with E-state index in [1.807, 2.05) is 50.4 Å². The lowest BCUT2D eigenvalue weighted by atomic mass is 9.81. The molecule has 1 heterocycles. The fraction of sp³-hybridized carbons (Fsp3) is 0.500. The first kappa shape index (κ1) is 16.0. The van der Waals surface area contributed by atoms with E-state index in [1.165, 1.54) is 16.7 Å². The van der Waals surface area contributed by atoms with E-state index >= 15 is 0 Å². The van der Waals surface area contributed by atoms with Crippen LogP contribution < -0.4 is 0 Å². The third-order valence-electron chi connectivity index (χ3n) is 4.30. The highest BCUT2D eigenvalue weighted by atomic mass is 32.2. The van der Waals surface area contributed by atoms with Gasteiger partial charge in [-0.15, -0.1) is 0 Å². The van der Waals surface area contributed by atoms with Gasteiger partial charge in [0.05, 0.1) is 18.1 Å². The van der Waals surface area contributed by atoms with Gasteiger partial charge < -0.3 is 5.11 Å². The Morgan fingerprint density at radius 2 is 1.95 bits per heavy atom. The van der Waals surface area contributed by atoms with Crippen molar-refractivity contribution in [3.8, 4) is 0 Å². The van der Waals surface area contributed by atoms with E-state index in [9.17, 15) is 14.7 Å². The molecule has 0 spiro atoms. The number of benzene rings is 1. The predicted molar refractivity (Wildman–Crippen MR) is 84.1 cm³/mol. The van der Waals surface area contributed by atoms with E-state index in [-0.39, 0.29) is 36.1 Å². The highest BCUT2D eigenvalue weighted by molar-refractivity contribution is 7.99. The van der Waals surface area contributed by atoms with Gasteiger partial charge in [-0.05, 0) is 25.7 Å². The summed E-state index contributed by atoms with van der Waals surface area (Å²) in [5, 5.41) is 9.25. The molecule has 5 heteroatoms. The number of amides is 2. The van der Waals surface area contributed by atoms with Crippen LogP contribution in [0.3, 0.4) is 0 Å². The quantitative estimate of drug-likeness (QED) is 0.843. The van der Waals surface area contributed by atoms with Crippen LogP contribution in [0.4, 0.5) is 0 Å². The second-order valence-corrected chi connectivity index (χ2v) is 6.72. The molecule has 2 rings (SSSR count). The van der Waals surface area contributed by atoms with Gasteiger partial charge in [-0.25, -0.2) is 0 Å². The summed E-state index contributed by atoms with van der Waals surface area (Å²) in [6, 6.07) is 9.11. The first-order valence-corrected chi connectivity index (χ1v) is 8.30. The van der Waals surface area contributed by atoms with E-state index in [0.29, 0.717) is 0 Å². The lowest BCUT2D eigenvalue weighted by Gasteiger charge is -2.30. The molecule has 3 unspecified atom stereocenters. The molecule has 1 aliphatic heterocycles. The van der Waals surface area contributed by atoms with Crippen LogP contribution in [0.5, 0.6) is 0 Å². The number of nitrogens with zero attached hydrogens (tertiary/aromatic N) is 1. The third-order valence-corrected chi connectivity index (χ3v) is 5.45.